The van der Waals surface area contributed by atoms with Crippen molar-refractivity contribution in [3.8, 4) is 0 Å². The molecule has 0 radical (unpaired) electrons. The van der Waals surface area contributed by atoms with E-state index in [0.29, 0.717) is 6.42 Å². The number of Topliss-reactive ketones (excluding diaryl/α,β-unsaturated/α-hetero) is 2. The Kier molecular flexibility index (Phi) is 2.76. The molecule has 0 spiro atoms. The van der Waals surface area contributed by atoms with Crippen molar-refractivity contribution in [3.05, 3.63) is 21.9 Å². The average Bonchev–Trinajstić information content (AvgIpc) is 2.34. The molecule has 1 heterocycles. The average molecular weight is 182 g/mol. The molecular weight excluding hydrogens is 172 g/mol. The van der Waals surface area contributed by atoms with E-state index in [2.05, 4.69) is 0 Å². The molecule has 0 atom stereocenters. The molecule has 0 aliphatic heterocycles. The molecule has 0 bridgehead atoms. The van der Waals surface area contributed by atoms with Gasteiger partial charge in [-0.3, -0.25) is 9.59 Å². The fraction of sp³-hybridized carbons (Fsp3) is 0.333. The van der Waals surface area contributed by atoms with Gasteiger partial charge >= 0.3 is 0 Å². The standard InChI is InChI=1S/C9H10O2S/c1-6(10)5-8-3-4-9(12-8)7(2)11/h3-4H,5H2,1-2H3. The third-order valence-electron chi connectivity index (χ3n) is 1.43. The molecule has 0 amide bonds. The van der Waals surface area contributed by atoms with Crippen LogP contribution < -0.4 is 0 Å². The van der Waals surface area contributed by atoms with Crippen LogP contribution in [-0.4, -0.2) is 11.6 Å². The molecule has 0 saturated heterocycles. The quantitative estimate of drug-likeness (QED) is 0.671. The van der Waals surface area contributed by atoms with Crippen LogP contribution >= 0.6 is 11.3 Å². The van der Waals surface area contributed by atoms with E-state index >= 15 is 0 Å². The Morgan fingerprint density at radius 3 is 2.42 bits per heavy atom. The van der Waals surface area contributed by atoms with Gasteiger partial charge < -0.3 is 0 Å². The zero-order valence-corrected chi connectivity index (χ0v) is 7.90. The Bertz CT molecular complexity index is 312. The first-order valence-electron chi connectivity index (χ1n) is 3.68. The molecule has 1 aromatic heterocycles. The summed E-state index contributed by atoms with van der Waals surface area (Å²) < 4.78 is 0. The summed E-state index contributed by atoms with van der Waals surface area (Å²) in [6.07, 6.45) is 0.442. The second-order valence-corrected chi connectivity index (χ2v) is 3.87. The van der Waals surface area contributed by atoms with E-state index in [1.165, 1.54) is 18.3 Å². The summed E-state index contributed by atoms with van der Waals surface area (Å²) in [7, 11) is 0. The van der Waals surface area contributed by atoms with Gasteiger partial charge in [0.15, 0.2) is 5.78 Å². The van der Waals surface area contributed by atoms with Gasteiger partial charge in [0.1, 0.15) is 5.78 Å². The maximum atomic E-state index is 10.9. The van der Waals surface area contributed by atoms with Gasteiger partial charge in [-0.15, -0.1) is 11.3 Å². The summed E-state index contributed by atoms with van der Waals surface area (Å²) >= 11 is 1.40. The summed E-state index contributed by atoms with van der Waals surface area (Å²) in [4.78, 5) is 23.3. The second kappa shape index (κ2) is 3.63. The lowest BCUT2D eigenvalue weighted by Crippen LogP contribution is -1.92. The van der Waals surface area contributed by atoms with E-state index in [0.717, 1.165) is 9.75 Å². The highest BCUT2D eigenvalue weighted by molar-refractivity contribution is 7.14. The SMILES string of the molecule is CC(=O)Cc1ccc(C(C)=O)s1. The molecule has 0 fully saturated rings. The van der Waals surface area contributed by atoms with Crippen molar-refractivity contribution in [1.82, 2.24) is 0 Å². The topological polar surface area (TPSA) is 34.1 Å². The van der Waals surface area contributed by atoms with Crippen LogP contribution in [0.25, 0.3) is 0 Å². The van der Waals surface area contributed by atoms with Crippen LogP contribution in [-0.2, 0) is 11.2 Å². The highest BCUT2D eigenvalue weighted by Gasteiger charge is 2.05. The maximum Gasteiger partial charge on any atom is 0.169 e. The van der Waals surface area contributed by atoms with Gasteiger partial charge in [-0.1, -0.05) is 0 Å². The van der Waals surface area contributed by atoms with Crippen LogP contribution in [0.1, 0.15) is 28.4 Å². The highest BCUT2D eigenvalue weighted by atomic mass is 32.1. The third-order valence-corrected chi connectivity index (χ3v) is 2.62. The molecule has 3 heteroatoms. The van der Waals surface area contributed by atoms with Gasteiger partial charge in [0.25, 0.3) is 0 Å². The van der Waals surface area contributed by atoms with E-state index in [1.54, 1.807) is 13.0 Å². The van der Waals surface area contributed by atoms with Crippen molar-refractivity contribution in [2.75, 3.05) is 0 Å². The summed E-state index contributed by atoms with van der Waals surface area (Å²) in [6.45, 7) is 3.08. The molecule has 0 N–H and O–H groups in total. The lowest BCUT2D eigenvalue weighted by molar-refractivity contribution is -0.116. The molecule has 0 unspecified atom stereocenters. The first kappa shape index (κ1) is 9.13. The molecule has 1 rings (SSSR count). The maximum absolute atomic E-state index is 10.9. The summed E-state index contributed by atoms with van der Waals surface area (Å²) in [5.41, 5.74) is 0. The zero-order chi connectivity index (χ0) is 9.14. The number of hydrogen-bond donors (Lipinski definition) is 0. The van der Waals surface area contributed by atoms with Crippen molar-refractivity contribution >= 4 is 22.9 Å². The molecule has 0 saturated carbocycles. The van der Waals surface area contributed by atoms with Gasteiger partial charge in [-0.2, -0.15) is 0 Å². The predicted molar refractivity (Wildman–Crippen MR) is 48.7 cm³/mol. The minimum Gasteiger partial charge on any atom is -0.300 e. The monoisotopic (exact) mass is 182 g/mol. The molecule has 1 aromatic rings. The van der Waals surface area contributed by atoms with E-state index in [1.807, 2.05) is 6.07 Å². The van der Waals surface area contributed by atoms with Crippen LogP contribution in [0, 0.1) is 0 Å². The zero-order valence-electron chi connectivity index (χ0n) is 7.09. The molecule has 0 aliphatic carbocycles. The number of hydrogen-bond acceptors (Lipinski definition) is 3. The number of rotatable bonds is 3. The number of carbonyl (C=O) groups is 2. The summed E-state index contributed by atoms with van der Waals surface area (Å²) in [6, 6.07) is 3.61. The van der Waals surface area contributed by atoms with Gasteiger partial charge in [0, 0.05) is 11.3 Å². The van der Waals surface area contributed by atoms with Crippen LogP contribution in [0.5, 0.6) is 0 Å². The van der Waals surface area contributed by atoms with Crippen LogP contribution in [0.15, 0.2) is 12.1 Å². The minimum absolute atomic E-state index is 0.0646. The van der Waals surface area contributed by atoms with Gasteiger partial charge in [0.2, 0.25) is 0 Å². The van der Waals surface area contributed by atoms with E-state index in [9.17, 15) is 9.59 Å². The largest absolute Gasteiger partial charge is 0.300 e. The Balaban J connectivity index is 2.77. The van der Waals surface area contributed by atoms with Crippen molar-refractivity contribution in [3.63, 3.8) is 0 Å². The first-order chi connectivity index (χ1) is 5.59. The van der Waals surface area contributed by atoms with Gasteiger partial charge in [-0.05, 0) is 26.0 Å². The van der Waals surface area contributed by atoms with Gasteiger partial charge in [0.05, 0.1) is 4.88 Å². The molecule has 0 aliphatic rings. The second-order valence-electron chi connectivity index (χ2n) is 2.70. The van der Waals surface area contributed by atoms with Crippen LogP contribution in [0.3, 0.4) is 0 Å². The number of carbonyl (C=O) groups excluding carboxylic acids is 2. The molecule has 64 valence electrons. The van der Waals surface area contributed by atoms with E-state index in [4.69, 9.17) is 0 Å². The normalized spacial score (nSPS) is 9.83. The van der Waals surface area contributed by atoms with Crippen molar-refractivity contribution in [2.24, 2.45) is 0 Å². The molecule has 0 aromatic carbocycles. The molecule has 12 heavy (non-hydrogen) atoms. The fourth-order valence-electron chi connectivity index (χ4n) is 0.907. The molecular formula is C9H10O2S. The van der Waals surface area contributed by atoms with Crippen molar-refractivity contribution in [2.45, 2.75) is 20.3 Å². The summed E-state index contributed by atoms with van der Waals surface area (Å²) in [5, 5.41) is 0. The predicted octanol–water partition coefficient (Wildman–Crippen LogP) is 2.08. The first-order valence-corrected chi connectivity index (χ1v) is 4.50. The summed E-state index contributed by atoms with van der Waals surface area (Å²) in [5.74, 6) is 0.196. The highest BCUT2D eigenvalue weighted by Crippen LogP contribution is 2.17. The van der Waals surface area contributed by atoms with Gasteiger partial charge in [-0.25, -0.2) is 0 Å². The smallest absolute Gasteiger partial charge is 0.169 e. The minimum atomic E-state index is 0.0646. The Labute approximate surface area is 75.2 Å². The Hall–Kier alpha value is -0.960. The van der Waals surface area contributed by atoms with Crippen molar-refractivity contribution in [1.29, 1.82) is 0 Å². The molecule has 2 nitrogen and oxygen atoms in total. The van der Waals surface area contributed by atoms with Crippen LogP contribution in [0.4, 0.5) is 0 Å². The Morgan fingerprint density at radius 1 is 1.33 bits per heavy atom. The third kappa shape index (κ3) is 2.27. The van der Waals surface area contributed by atoms with Crippen LogP contribution in [0.2, 0.25) is 0 Å². The fourth-order valence-corrected chi connectivity index (χ4v) is 1.88. The lowest BCUT2D eigenvalue weighted by atomic mass is 10.2. The van der Waals surface area contributed by atoms with E-state index < -0.39 is 0 Å². The van der Waals surface area contributed by atoms with Crippen molar-refractivity contribution < 1.29 is 9.59 Å². The van der Waals surface area contributed by atoms with E-state index in [-0.39, 0.29) is 11.6 Å². The Morgan fingerprint density at radius 2 is 2.00 bits per heavy atom. The lowest BCUT2D eigenvalue weighted by Gasteiger charge is -1.88. The number of thiophene rings is 1. The number of ketones is 2.